The van der Waals surface area contributed by atoms with Crippen LogP contribution in [0.25, 0.3) is 6.08 Å². The van der Waals surface area contributed by atoms with Crippen LogP contribution in [-0.2, 0) is 14.4 Å². The molecular formula is C25H15Cl4N3O5. The molecule has 8 nitrogen and oxygen atoms in total. The van der Waals surface area contributed by atoms with Crippen molar-refractivity contribution in [2.75, 3.05) is 16.8 Å². The lowest BCUT2D eigenvalue weighted by Gasteiger charge is -2.26. The molecule has 3 aromatic carbocycles. The Hall–Kier alpha value is -3.56. The first-order chi connectivity index (χ1) is 17.6. The fraction of sp³-hybridized carbons (Fsp3) is 0.0400. The number of imide groups is 2. The molecule has 5 amide bonds. The topological polar surface area (TPSA) is 105 Å². The number of amides is 5. The van der Waals surface area contributed by atoms with E-state index in [1.807, 2.05) is 0 Å². The number of nitrogens with zero attached hydrogens (tertiary/aromatic N) is 1. The van der Waals surface area contributed by atoms with Crippen LogP contribution in [0.3, 0.4) is 0 Å². The van der Waals surface area contributed by atoms with Crippen LogP contribution in [0.2, 0.25) is 20.1 Å². The first kappa shape index (κ1) is 26.5. The Morgan fingerprint density at radius 3 is 2.05 bits per heavy atom. The SMILES string of the molecule is O=C(COc1c(Cl)cc(/C=C2\C(=O)NC(=O)N(c3ccc(Cl)cc3)C2=O)cc1Cl)Nc1ccc(Cl)cc1. The number of rotatable bonds is 6. The summed E-state index contributed by atoms with van der Waals surface area (Å²) in [5, 5.41) is 5.77. The summed E-state index contributed by atoms with van der Waals surface area (Å²) in [4.78, 5) is 50.8. The Kier molecular flexibility index (Phi) is 8.04. The number of benzene rings is 3. The third-order valence-corrected chi connectivity index (χ3v) is 6.06. The summed E-state index contributed by atoms with van der Waals surface area (Å²) in [7, 11) is 0. The van der Waals surface area contributed by atoms with Gasteiger partial charge in [0.05, 0.1) is 15.7 Å². The van der Waals surface area contributed by atoms with Crippen molar-refractivity contribution >= 4 is 87.6 Å². The van der Waals surface area contributed by atoms with Crippen LogP contribution in [0.1, 0.15) is 5.56 Å². The van der Waals surface area contributed by atoms with Crippen molar-refractivity contribution in [2.24, 2.45) is 0 Å². The first-order valence-corrected chi connectivity index (χ1v) is 12.0. The van der Waals surface area contributed by atoms with Gasteiger partial charge in [-0.1, -0.05) is 46.4 Å². The quantitative estimate of drug-likeness (QED) is 0.276. The number of barbiturate groups is 1. The molecule has 0 unspecified atom stereocenters. The molecule has 188 valence electrons. The largest absolute Gasteiger partial charge is 0.481 e. The molecule has 2 N–H and O–H groups in total. The van der Waals surface area contributed by atoms with Gasteiger partial charge < -0.3 is 10.1 Å². The molecule has 0 aromatic heterocycles. The fourth-order valence-corrected chi connectivity index (χ4v) is 4.18. The van der Waals surface area contributed by atoms with Gasteiger partial charge in [-0.05, 0) is 72.3 Å². The molecule has 0 bridgehead atoms. The van der Waals surface area contributed by atoms with Gasteiger partial charge in [0.1, 0.15) is 5.57 Å². The van der Waals surface area contributed by atoms with Gasteiger partial charge in [0.15, 0.2) is 12.4 Å². The lowest BCUT2D eigenvalue weighted by atomic mass is 10.1. The number of carbonyl (C=O) groups excluding carboxylic acids is 4. The lowest BCUT2D eigenvalue weighted by molar-refractivity contribution is -0.122. The molecular weight excluding hydrogens is 564 g/mol. The van der Waals surface area contributed by atoms with E-state index in [0.29, 0.717) is 15.7 Å². The van der Waals surface area contributed by atoms with Gasteiger partial charge in [0.2, 0.25) is 0 Å². The number of anilines is 2. The molecule has 1 aliphatic heterocycles. The molecule has 0 saturated carbocycles. The molecule has 37 heavy (non-hydrogen) atoms. The second-order valence-electron chi connectivity index (χ2n) is 7.59. The van der Waals surface area contributed by atoms with E-state index in [0.717, 1.165) is 4.90 Å². The summed E-state index contributed by atoms with van der Waals surface area (Å²) in [6.45, 7) is -0.387. The maximum Gasteiger partial charge on any atom is 0.335 e. The molecule has 4 rings (SSSR count). The summed E-state index contributed by atoms with van der Waals surface area (Å²) >= 11 is 24.3. The Bertz CT molecular complexity index is 1420. The van der Waals surface area contributed by atoms with Crippen LogP contribution < -0.4 is 20.3 Å². The summed E-state index contributed by atoms with van der Waals surface area (Å²) in [5.41, 5.74) is 0.718. The highest BCUT2D eigenvalue weighted by Gasteiger charge is 2.36. The van der Waals surface area contributed by atoms with Crippen LogP contribution in [-0.4, -0.2) is 30.4 Å². The highest BCUT2D eigenvalue weighted by atomic mass is 35.5. The Labute approximate surface area is 230 Å². The standard InChI is InChI=1S/C25H15Cl4N3O5/c26-14-1-5-16(6-2-14)30-21(33)12-37-22-19(28)10-13(11-20(22)29)9-18-23(34)31-25(36)32(24(18)35)17-7-3-15(27)4-8-17/h1-11H,12H2,(H,30,33)(H,31,34,36)/b18-9+. The van der Waals surface area contributed by atoms with Crippen LogP contribution in [0.5, 0.6) is 5.75 Å². The number of carbonyl (C=O) groups is 4. The van der Waals surface area contributed by atoms with Crippen LogP contribution >= 0.6 is 46.4 Å². The third kappa shape index (κ3) is 6.23. The van der Waals surface area contributed by atoms with Gasteiger partial charge in [-0.2, -0.15) is 0 Å². The normalized spacial score (nSPS) is 14.5. The number of ether oxygens (including phenoxy) is 1. The van der Waals surface area contributed by atoms with Crippen molar-refractivity contribution in [1.82, 2.24) is 5.32 Å². The highest BCUT2D eigenvalue weighted by Crippen LogP contribution is 2.35. The van der Waals surface area contributed by atoms with Crippen LogP contribution in [0.4, 0.5) is 16.2 Å². The average Bonchev–Trinajstić information content (AvgIpc) is 2.84. The first-order valence-electron chi connectivity index (χ1n) is 10.5. The second kappa shape index (κ2) is 11.2. The minimum absolute atomic E-state index is 0.0351. The second-order valence-corrected chi connectivity index (χ2v) is 9.28. The van der Waals surface area contributed by atoms with Gasteiger partial charge in [-0.3, -0.25) is 19.7 Å². The minimum Gasteiger partial charge on any atom is -0.481 e. The molecule has 0 spiro atoms. The van der Waals surface area contributed by atoms with E-state index in [4.69, 9.17) is 51.1 Å². The number of nitrogens with one attached hydrogen (secondary N) is 2. The van der Waals surface area contributed by atoms with Crippen LogP contribution in [0.15, 0.2) is 66.2 Å². The van der Waals surface area contributed by atoms with Crippen molar-refractivity contribution in [2.45, 2.75) is 0 Å². The monoisotopic (exact) mass is 577 g/mol. The van der Waals surface area contributed by atoms with E-state index < -0.39 is 23.8 Å². The predicted molar refractivity (Wildman–Crippen MR) is 142 cm³/mol. The molecule has 3 aromatic rings. The average molecular weight is 579 g/mol. The number of halogens is 4. The molecule has 1 heterocycles. The third-order valence-electron chi connectivity index (χ3n) is 4.99. The number of urea groups is 1. The Morgan fingerprint density at radius 1 is 0.892 bits per heavy atom. The van der Waals surface area contributed by atoms with Crippen molar-refractivity contribution in [3.63, 3.8) is 0 Å². The van der Waals surface area contributed by atoms with Crippen LogP contribution in [0, 0.1) is 0 Å². The number of hydrogen-bond acceptors (Lipinski definition) is 5. The van der Waals surface area contributed by atoms with E-state index in [9.17, 15) is 19.2 Å². The van der Waals surface area contributed by atoms with Gasteiger partial charge in [-0.15, -0.1) is 0 Å². The van der Waals surface area contributed by atoms with E-state index in [1.165, 1.54) is 42.5 Å². The zero-order valence-corrected chi connectivity index (χ0v) is 21.6. The van der Waals surface area contributed by atoms with Crippen molar-refractivity contribution in [3.05, 3.63) is 91.9 Å². The van der Waals surface area contributed by atoms with Gasteiger partial charge in [-0.25, -0.2) is 9.69 Å². The van der Waals surface area contributed by atoms with Crippen molar-refractivity contribution < 1.29 is 23.9 Å². The van der Waals surface area contributed by atoms with Gasteiger partial charge in [0, 0.05) is 15.7 Å². The maximum atomic E-state index is 13.0. The summed E-state index contributed by atoms with van der Waals surface area (Å²) in [5.74, 6) is -2.15. The lowest BCUT2D eigenvalue weighted by Crippen LogP contribution is -2.54. The Morgan fingerprint density at radius 2 is 1.46 bits per heavy atom. The van der Waals surface area contributed by atoms with E-state index in [-0.39, 0.29) is 39.2 Å². The molecule has 0 aliphatic carbocycles. The fourth-order valence-electron chi connectivity index (χ4n) is 3.32. The molecule has 1 aliphatic rings. The summed E-state index contributed by atoms with van der Waals surface area (Å²) in [6.07, 6.45) is 1.24. The van der Waals surface area contributed by atoms with Crippen molar-refractivity contribution in [1.29, 1.82) is 0 Å². The molecule has 1 saturated heterocycles. The molecule has 0 atom stereocenters. The van der Waals surface area contributed by atoms with E-state index in [1.54, 1.807) is 24.3 Å². The summed E-state index contributed by atoms with van der Waals surface area (Å²) < 4.78 is 5.48. The molecule has 12 heteroatoms. The number of hydrogen-bond donors (Lipinski definition) is 2. The zero-order valence-electron chi connectivity index (χ0n) is 18.6. The van der Waals surface area contributed by atoms with Crippen molar-refractivity contribution in [3.8, 4) is 5.75 Å². The zero-order chi connectivity index (χ0) is 26.7. The Balaban J connectivity index is 1.51. The molecule has 0 radical (unpaired) electrons. The van der Waals surface area contributed by atoms with E-state index >= 15 is 0 Å². The molecule has 1 fully saturated rings. The van der Waals surface area contributed by atoms with Gasteiger partial charge >= 0.3 is 6.03 Å². The smallest absolute Gasteiger partial charge is 0.335 e. The predicted octanol–water partition coefficient (Wildman–Crippen LogP) is 5.98. The minimum atomic E-state index is -0.897. The maximum absolute atomic E-state index is 13.0. The summed E-state index contributed by atoms with van der Waals surface area (Å²) in [6, 6.07) is 14.4. The van der Waals surface area contributed by atoms with Gasteiger partial charge in [0.25, 0.3) is 17.7 Å². The van der Waals surface area contributed by atoms with E-state index in [2.05, 4.69) is 10.6 Å². The highest BCUT2D eigenvalue weighted by molar-refractivity contribution is 6.40.